The van der Waals surface area contributed by atoms with Crippen LogP contribution >= 0.6 is 0 Å². The van der Waals surface area contributed by atoms with Gasteiger partial charge >= 0.3 is 0 Å². The summed E-state index contributed by atoms with van der Waals surface area (Å²) in [5, 5.41) is 9.12. The molecule has 4 nitrogen and oxygen atoms in total. The summed E-state index contributed by atoms with van der Waals surface area (Å²) in [6.45, 7) is 5.82. The van der Waals surface area contributed by atoms with Crippen molar-refractivity contribution in [3.8, 4) is 5.75 Å². The highest BCUT2D eigenvalue weighted by Crippen LogP contribution is 2.24. The van der Waals surface area contributed by atoms with Crippen molar-refractivity contribution in [2.24, 2.45) is 0 Å². The predicted octanol–water partition coefficient (Wildman–Crippen LogP) is 1.58. The second-order valence-electron chi connectivity index (χ2n) is 5.73. The third kappa shape index (κ3) is 3.33. The first-order chi connectivity index (χ1) is 10.1. The topological polar surface area (TPSA) is 35.9 Å². The minimum Gasteiger partial charge on any atom is -0.503 e. The maximum atomic E-state index is 13.4. The third-order valence-corrected chi connectivity index (χ3v) is 4.29. The van der Waals surface area contributed by atoms with E-state index in [1.54, 1.807) is 0 Å². The molecule has 0 bridgehead atoms. The summed E-state index contributed by atoms with van der Waals surface area (Å²) in [5.74, 6) is -2.69. The second-order valence-corrected chi connectivity index (χ2v) is 5.73. The van der Waals surface area contributed by atoms with Crippen LogP contribution in [0.1, 0.15) is 12.0 Å². The molecule has 0 amide bonds. The number of morpholine rings is 1. The number of phenols is 1. The Morgan fingerprint density at radius 1 is 1.14 bits per heavy atom. The van der Waals surface area contributed by atoms with Gasteiger partial charge in [0.15, 0.2) is 17.4 Å². The van der Waals surface area contributed by atoms with Crippen LogP contribution in [0.2, 0.25) is 0 Å². The van der Waals surface area contributed by atoms with Gasteiger partial charge in [0.25, 0.3) is 0 Å². The number of benzene rings is 1. The number of hydrogen-bond acceptors (Lipinski definition) is 4. The molecule has 116 valence electrons. The van der Waals surface area contributed by atoms with Crippen LogP contribution in [-0.2, 0) is 11.3 Å². The number of likely N-dealkylation sites (tertiary alicyclic amines) is 1. The first-order valence-corrected chi connectivity index (χ1v) is 7.34. The van der Waals surface area contributed by atoms with Gasteiger partial charge in [-0.15, -0.1) is 0 Å². The highest BCUT2D eigenvalue weighted by atomic mass is 19.1. The quantitative estimate of drug-likeness (QED) is 0.919. The van der Waals surface area contributed by atoms with E-state index in [2.05, 4.69) is 9.80 Å². The summed E-state index contributed by atoms with van der Waals surface area (Å²) >= 11 is 0. The molecule has 0 spiro atoms. The summed E-state index contributed by atoms with van der Waals surface area (Å²) in [4.78, 5) is 4.63. The van der Waals surface area contributed by atoms with Crippen LogP contribution < -0.4 is 0 Å². The van der Waals surface area contributed by atoms with Gasteiger partial charge in [0.2, 0.25) is 0 Å². The van der Waals surface area contributed by atoms with E-state index in [9.17, 15) is 8.78 Å². The summed E-state index contributed by atoms with van der Waals surface area (Å²) in [5.41, 5.74) is 0.561. The Bertz CT molecular complexity index is 483. The smallest absolute Gasteiger partial charge is 0.187 e. The van der Waals surface area contributed by atoms with E-state index in [4.69, 9.17) is 9.84 Å². The molecule has 1 unspecified atom stereocenters. The number of halogens is 2. The standard InChI is InChI=1S/C15H20F2N2O2/c16-13-7-11(8-14(17)15(13)20)9-18-2-1-12(10-18)19-3-5-21-6-4-19/h7-8,12,20H,1-6,9-10H2. The number of ether oxygens (including phenoxy) is 1. The molecule has 0 radical (unpaired) electrons. The van der Waals surface area contributed by atoms with E-state index in [0.717, 1.165) is 45.8 Å². The van der Waals surface area contributed by atoms with Crippen LogP contribution in [0.25, 0.3) is 0 Å². The van der Waals surface area contributed by atoms with Crippen LogP contribution in [-0.4, -0.2) is 60.3 Å². The number of aromatic hydroxyl groups is 1. The Labute approximate surface area is 122 Å². The van der Waals surface area contributed by atoms with Gasteiger partial charge in [-0.2, -0.15) is 0 Å². The van der Waals surface area contributed by atoms with Crippen molar-refractivity contribution < 1.29 is 18.6 Å². The lowest BCUT2D eigenvalue weighted by Crippen LogP contribution is -2.44. The molecule has 2 saturated heterocycles. The first kappa shape index (κ1) is 14.7. The molecule has 0 aliphatic carbocycles. The molecular formula is C15H20F2N2O2. The Morgan fingerprint density at radius 3 is 2.48 bits per heavy atom. The fraction of sp³-hybridized carbons (Fsp3) is 0.600. The SMILES string of the molecule is Oc1c(F)cc(CN2CCC(N3CCOCC3)C2)cc1F. The number of hydrogen-bond donors (Lipinski definition) is 1. The maximum absolute atomic E-state index is 13.4. The maximum Gasteiger partial charge on any atom is 0.187 e. The van der Waals surface area contributed by atoms with Crippen molar-refractivity contribution in [3.63, 3.8) is 0 Å². The fourth-order valence-corrected chi connectivity index (χ4v) is 3.16. The monoisotopic (exact) mass is 298 g/mol. The molecule has 1 aromatic carbocycles. The van der Waals surface area contributed by atoms with E-state index in [1.165, 1.54) is 12.1 Å². The van der Waals surface area contributed by atoms with Crippen LogP contribution in [0.5, 0.6) is 5.75 Å². The van der Waals surface area contributed by atoms with Crippen LogP contribution in [0.15, 0.2) is 12.1 Å². The lowest BCUT2D eigenvalue weighted by molar-refractivity contribution is 0.0184. The van der Waals surface area contributed by atoms with Crippen molar-refractivity contribution in [2.45, 2.75) is 19.0 Å². The van der Waals surface area contributed by atoms with Crippen LogP contribution in [0.3, 0.4) is 0 Å². The zero-order chi connectivity index (χ0) is 14.8. The average Bonchev–Trinajstić information content (AvgIpc) is 2.94. The first-order valence-electron chi connectivity index (χ1n) is 7.34. The van der Waals surface area contributed by atoms with Crippen molar-refractivity contribution >= 4 is 0 Å². The molecule has 0 aromatic heterocycles. The Balaban J connectivity index is 1.59. The van der Waals surface area contributed by atoms with E-state index in [-0.39, 0.29) is 0 Å². The summed E-state index contributed by atoms with van der Waals surface area (Å²) in [7, 11) is 0. The van der Waals surface area contributed by atoms with Crippen molar-refractivity contribution in [2.75, 3.05) is 39.4 Å². The minimum atomic E-state index is -0.897. The molecule has 1 atom stereocenters. The molecule has 1 aromatic rings. The van der Waals surface area contributed by atoms with E-state index in [1.807, 2.05) is 0 Å². The second kappa shape index (κ2) is 6.25. The highest BCUT2D eigenvalue weighted by Gasteiger charge is 2.28. The largest absolute Gasteiger partial charge is 0.503 e. The zero-order valence-electron chi connectivity index (χ0n) is 11.9. The van der Waals surface area contributed by atoms with E-state index >= 15 is 0 Å². The molecule has 2 heterocycles. The molecule has 6 heteroatoms. The number of rotatable bonds is 3. The molecule has 2 aliphatic rings. The summed E-state index contributed by atoms with van der Waals surface area (Å²) in [6, 6.07) is 2.92. The Kier molecular flexibility index (Phi) is 4.37. The van der Waals surface area contributed by atoms with E-state index < -0.39 is 17.4 Å². The normalized spacial score (nSPS) is 24.6. The van der Waals surface area contributed by atoms with Crippen molar-refractivity contribution in [1.82, 2.24) is 9.80 Å². The third-order valence-electron chi connectivity index (χ3n) is 4.29. The number of phenolic OH excluding ortho intramolecular Hbond substituents is 1. The van der Waals surface area contributed by atoms with Gasteiger partial charge in [0.1, 0.15) is 0 Å². The minimum absolute atomic E-state index is 0.501. The van der Waals surface area contributed by atoms with Gasteiger partial charge in [-0.25, -0.2) is 8.78 Å². The number of nitrogens with zero attached hydrogens (tertiary/aromatic N) is 2. The molecule has 3 rings (SSSR count). The fourth-order valence-electron chi connectivity index (χ4n) is 3.16. The van der Waals surface area contributed by atoms with Gasteiger partial charge in [-0.1, -0.05) is 0 Å². The average molecular weight is 298 g/mol. The van der Waals surface area contributed by atoms with E-state index in [0.29, 0.717) is 18.2 Å². The molecule has 2 aliphatic heterocycles. The Morgan fingerprint density at radius 2 is 1.81 bits per heavy atom. The van der Waals surface area contributed by atoms with Crippen LogP contribution in [0, 0.1) is 11.6 Å². The molecular weight excluding hydrogens is 278 g/mol. The van der Waals surface area contributed by atoms with Crippen LogP contribution in [0.4, 0.5) is 8.78 Å². The highest BCUT2D eigenvalue weighted by molar-refractivity contribution is 5.30. The van der Waals surface area contributed by atoms with Gasteiger partial charge < -0.3 is 9.84 Å². The molecule has 21 heavy (non-hydrogen) atoms. The van der Waals surface area contributed by atoms with Crippen molar-refractivity contribution in [3.05, 3.63) is 29.3 Å². The lowest BCUT2D eigenvalue weighted by Gasteiger charge is -2.32. The molecule has 0 saturated carbocycles. The van der Waals surface area contributed by atoms with Gasteiger partial charge in [-0.05, 0) is 24.1 Å². The molecule has 1 N–H and O–H groups in total. The lowest BCUT2D eigenvalue weighted by atomic mass is 10.2. The zero-order valence-corrected chi connectivity index (χ0v) is 11.9. The molecule has 2 fully saturated rings. The van der Waals surface area contributed by atoms with Gasteiger partial charge in [-0.3, -0.25) is 9.80 Å². The van der Waals surface area contributed by atoms with Gasteiger partial charge in [0, 0.05) is 38.8 Å². The predicted molar refractivity (Wildman–Crippen MR) is 74.1 cm³/mol. The van der Waals surface area contributed by atoms with Crippen molar-refractivity contribution in [1.29, 1.82) is 0 Å². The summed E-state index contributed by atoms with van der Waals surface area (Å²) in [6.07, 6.45) is 1.07. The Hall–Kier alpha value is -1.24. The summed E-state index contributed by atoms with van der Waals surface area (Å²) < 4.78 is 32.1. The van der Waals surface area contributed by atoms with Gasteiger partial charge in [0.05, 0.1) is 13.2 Å².